The maximum absolute atomic E-state index is 13.4. The highest BCUT2D eigenvalue weighted by molar-refractivity contribution is 5.30. The Labute approximate surface area is 79.3 Å². The zero-order valence-electron chi connectivity index (χ0n) is 8.56. The van der Waals surface area contributed by atoms with Gasteiger partial charge in [0.05, 0.1) is 6.61 Å². The fourth-order valence-corrected chi connectivity index (χ4v) is 1.52. The van der Waals surface area contributed by atoms with E-state index in [2.05, 4.69) is 13.8 Å². The molecule has 0 unspecified atom stereocenters. The van der Waals surface area contributed by atoms with Gasteiger partial charge in [0.1, 0.15) is 5.83 Å². The van der Waals surface area contributed by atoms with Crippen LogP contribution in [0.15, 0.2) is 23.0 Å². The molecule has 0 saturated carbocycles. The molecule has 0 aromatic rings. The first-order chi connectivity index (χ1) is 6.15. The van der Waals surface area contributed by atoms with Crippen LogP contribution in [0, 0.1) is 5.92 Å². The Morgan fingerprint density at radius 1 is 1.46 bits per heavy atom. The zero-order valence-corrected chi connectivity index (χ0v) is 8.56. The molecule has 1 aliphatic carbocycles. The van der Waals surface area contributed by atoms with E-state index >= 15 is 0 Å². The highest BCUT2D eigenvalue weighted by atomic mass is 19.1. The molecule has 13 heavy (non-hydrogen) atoms. The number of rotatable bonds is 3. The number of hydrogen-bond acceptors (Lipinski definition) is 1. The van der Waals surface area contributed by atoms with Gasteiger partial charge >= 0.3 is 0 Å². The van der Waals surface area contributed by atoms with E-state index in [1.54, 1.807) is 13.2 Å². The second-order valence-corrected chi connectivity index (χ2v) is 3.76. The fourth-order valence-electron chi connectivity index (χ4n) is 1.52. The van der Waals surface area contributed by atoms with Crippen LogP contribution in [0.25, 0.3) is 0 Å². The van der Waals surface area contributed by atoms with Crippen LogP contribution in [0.1, 0.15) is 26.7 Å². The molecular formula is C11H17FO. The summed E-state index contributed by atoms with van der Waals surface area (Å²) >= 11 is 0. The van der Waals surface area contributed by atoms with Crippen LogP contribution in [0.4, 0.5) is 4.39 Å². The van der Waals surface area contributed by atoms with Gasteiger partial charge in [0.15, 0.2) is 0 Å². The molecular weight excluding hydrogens is 167 g/mol. The maximum atomic E-state index is 13.4. The number of ether oxygens (including phenoxy) is 1. The largest absolute Gasteiger partial charge is 0.380 e. The lowest BCUT2D eigenvalue weighted by atomic mass is 9.91. The quantitative estimate of drug-likeness (QED) is 0.654. The first-order valence-electron chi connectivity index (χ1n) is 4.72. The molecule has 0 amide bonds. The van der Waals surface area contributed by atoms with Crippen molar-refractivity contribution in [3.05, 3.63) is 23.0 Å². The Hall–Kier alpha value is -0.630. The first kappa shape index (κ1) is 10.5. The summed E-state index contributed by atoms with van der Waals surface area (Å²) in [4.78, 5) is 0. The second-order valence-electron chi connectivity index (χ2n) is 3.76. The van der Waals surface area contributed by atoms with Crippen LogP contribution in [0.5, 0.6) is 0 Å². The van der Waals surface area contributed by atoms with E-state index in [1.807, 2.05) is 0 Å². The van der Waals surface area contributed by atoms with Gasteiger partial charge in [-0.15, -0.1) is 0 Å². The van der Waals surface area contributed by atoms with Gasteiger partial charge in [-0.2, -0.15) is 0 Å². The van der Waals surface area contributed by atoms with Crippen LogP contribution < -0.4 is 0 Å². The summed E-state index contributed by atoms with van der Waals surface area (Å²) < 4.78 is 18.3. The van der Waals surface area contributed by atoms with E-state index in [0.29, 0.717) is 12.5 Å². The minimum Gasteiger partial charge on any atom is -0.380 e. The molecule has 0 aromatic heterocycles. The SMILES string of the molecule is COCC1=C(F)C=C(C(C)C)CC1. The number of halogens is 1. The third kappa shape index (κ3) is 2.66. The van der Waals surface area contributed by atoms with Crippen LogP contribution >= 0.6 is 0 Å². The van der Waals surface area contributed by atoms with Gasteiger partial charge in [0.25, 0.3) is 0 Å². The van der Waals surface area contributed by atoms with Crippen LogP contribution in [-0.2, 0) is 4.74 Å². The van der Waals surface area contributed by atoms with Gasteiger partial charge < -0.3 is 4.74 Å². The van der Waals surface area contributed by atoms with E-state index in [1.165, 1.54) is 5.57 Å². The van der Waals surface area contributed by atoms with Crippen molar-refractivity contribution in [3.8, 4) is 0 Å². The predicted octanol–water partition coefficient (Wildman–Crippen LogP) is 3.23. The summed E-state index contributed by atoms with van der Waals surface area (Å²) in [6, 6.07) is 0. The lowest BCUT2D eigenvalue weighted by Gasteiger charge is -2.18. The van der Waals surface area contributed by atoms with Crippen molar-refractivity contribution in [1.29, 1.82) is 0 Å². The summed E-state index contributed by atoms with van der Waals surface area (Å²) in [6.45, 7) is 4.62. The monoisotopic (exact) mass is 184 g/mol. The smallest absolute Gasteiger partial charge is 0.124 e. The van der Waals surface area contributed by atoms with Crippen molar-refractivity contribution >= 4 is 0 Å². The van der Waals surface area contributed by atoms with E-state index in [-0.39, 0.29) is 5.83 Å². The van der Waals surface area contributed by atoms with Gasteiger partial charge in [-0.3, -0.25) is 0 Å². The zero-order chi connectivity index (χ0) is 9.84. The Morgan fingerprint density at radius 3 is 2.62 bits per heavy atom. The first-order valence-corrected chi connectivity index (χ1v) is 4.72. The molecule has 1 rings (SSSR count). The van der Waals surface area contributed by atoms with E-state index < -0.39 is 0 Å². The summed E-state index contributed by atoms with van der Waals surface area (Å²) in [6.07, 6.45) is 3.45. The summed E-state index contributed by atoms with van der Waals surface area (Å²) in [5, 5.41) is 0. The predicted molar refractivity (Wildman–Crippen MR) is 52.2 cm³/mol. The molecule has 0 N–H and O–H groups in total. The molecule has 0 spiro atoms. The number of allylic oxidation sites excluding steroid dienone is 3. The molecule has 0 bridgehead atoms. The topological polar surface area (TPSA) is 9.23 Å². The normalized spacial score (nSPS) is 18.1. The maximum Gasteiger partial charge on any atom is 0.124 e. The van der Waals surface area contributed by atoms with Gasteiger partial charge in [-0.1, -0.05) is 19.4 Å². The average molecular weight is 184 g/mol. The summed E-state index contributed by atoms with van der Waals surface area (Å²) in [5.74, 6) is 0.367. The molecule has 2 heteroatoms. The fraction of sp³-hybridized carbons (Fsp3) is 0.636. The number of hydrogen-bond donors (Lipinski definition) is 0. The van der Waals surface area contributed by atoms with Gasteiger partial charge in [0.2, 0.25) is 0 Å². The third-order valence-electron chi connectivity index (χ3n) is 2.43. The molecule has 0 fully saturated rings. The summed E-state index contributed by atoms with van der Waals surface area (Å²) in [7, 11) is 1.60. The van der Waals surface area contributed by atoms with E-state index in [4.69, 9.17) is 4.74 Å². The molecule has 0 aromatic carbocycles. The van der Waals surface area contributed by atoms with Crippen molar-refractivity contribution in [2.24, 2.45) is 5.92 Å². The third-order valence-corrected chi connectivity index (χ3v) is 2.43. The van der Waals surface area contributed by atoms with Gasteiger partial charge in [0, 0.05) is 7.11 Å². The highest BCUT2D eigenvalue weighted by Crippen LogP contribution is 2.28. The molecule has 0 atom stereocenters. The summed E-state index contributed by atoms with van der Waals surface area (Å²) in [5.41, 5.74) is 2.00. The second kappa shape index (κ2) is 4.56. The van der Waals surface area contributed by atoms with Crippen LogP contribution in [0.3, 0.4) is 0 Å². The minimum absolute atomic E-state index is 0.0863. The van der Waals surface area contributed by atoms with Crippen molar-refractivity contribution in [3.63, 3.8) is 0 Å². The molecule has 0 heterocycles. The van der Waals surface area contributed by atoms with E-state index in [0.717, 1.165) is 18.4 Å². The van der Waals surface area contributed by atoms with Crippen molar-refractivity contribution in [1.82, 2.24) is 0 Å². The van der Waals surface area contributed by atoms with Gasteiger partial charge in [-0.25, -0.2) is 4.39 Å². The molecule has 1 nitrogen and oxygen atoms in total. The minimum atomic E-state index is -0.0863. The highest BCUT2D eigenvalue weighted by Gasteiger charge is 2.14. The Kier molecular flexibility index (Phi) is 3.67. The Morgan fingerprint density at radius 2 is 2.15 bits per heavy atom. The molecule has 1 aliphatic rings. The van der Waals surface area contributed by atoms with Crippen LogP contribution in [0.2, 0.25) is 0 Å². The Bertz CT molecular complexity index is 238. The standard InChI is InChI=1S/C11H17FO/c1-8(2)9-4-5-10(7-13-3)11(12)6-9/h6,8H,4-5,7H2,1-3H3. The lowest BCUT2D eigenvalue weighted by molar-refractivity contribution is 0.220. The van der Waals surface area contributed by atoms with Crippen molar-refractivity contribution in [2.45, 2.75) is 26.7 Å². The van der Waals surface area contributed by atoms with Crippen molar-refractivity contribution < 1.29 is 9.13 Å². The van der Waals surface area contributed by atoms with Crippen molar-refractivity contribution in [2.75, 3.05) is 13.7 Å². The number of methoxy groups -OCH3 is 1. The molecule has 74 valence electrons. The average Bonchev–Trinajstić information content (AvgIpc) is 2.08. The Balaban J connectivity index is 2.74. The molecule has 0 aliphatic heterocycles. The van der Waals surface area contributed by atoms with E-state index in [9.17, 15) is 4.39 Å². The van der Waals surface area contributed by atoms with Crippen LogP contribution in [-0.4, -0.2) is 13.7 Å². The molecule has 0 radical (unpaired) electrons. The lowest BCUT2D eigenvalue weighted by Crippen LogP contribution is -2.05. The van der Waals surface area contributed by atoms with Gasteiger partial charge in [-0.05, 0) is 30.4 Å². The molecule has 0 saturated heterocycles.